The van der Waals surface area contributed by atoms with Crippen LogP contribution in [0.4, 0.5) is 0 Å². The third-order valence-corrected chi connectivity index (χ3v) is 4.39. The number of carboxylic acid groups (broad SMARTS) is 1. The second-order valence-corrected chi connectivity index (χ2v) is 5.96. The van der Waals surface area contributed by atoms with Gasteiger partial charge in [-0.15, -0.1) is 10.2 Å². The fourth-order valence-electron chi connectivity index (χ4n) is 2.38. The molecule has 1 aliphatic carbocycles. The SMILES string of the molecule is O=C(O)CSc1nnc(C2CC(O)C2)n1-c1ccccc1. The van der Waals surface area contributed by atoms with Gasteiger partial charge in [0.1, 0.15) is 5.82 Å². The van der Waals surface area contributed by atoms with Gasteiger partial charge in [0.05, 0.1) is 11.9 Å². The normalized spacial score (nSPS) is 21.0. The van der Waals surface area contributed by atoms with Crippen LogP contribution < -0.4 is 0 Å². The fourth-order valence-corrected chi connectivity index (χ4v) is 3.06. The molecule has 0 unspecified atom stereocenters. The van der Waals surface area contributed by atoms with Gasteiger partial charge < -0.3 is 10.2 Å². The van der Waals surface area contributed by atoms with Crippen LogP contribution in [-0.4, -0.2) is 42.8 Å². The third kappa shape index (κ3) is 2.93. The Morgan fingerprint density at radius 2 is 2.00 bits per heavy atom. The first-order valence-corrected chi connectivity index (χ1v) is 7.67. The fraction of sp³-hybridized carbons (Fsp3) is 0.357. The van der Waals surface area contributed by atoms with Crippen molar-refractivity contribution in [1.29, 1.82) is 0 Å². The summed E-state index contributed by atoms with van der Waals surface area (Å²) in [6.07, 6.45) is 1.08. The van der Waals surface area contributed by atoms with E-state index < -0.39 is 5.97 Å². The van der Waals surface area contributed by atoms with E-state index >= 15 is 0 Å². The molecule has 0 atom stereocenters. The molecule has 7 heteroatoms. The second-order valence-electron chi connectivity index (χ2n) is 5.02. The largest absolute Gasteiger partial charge is 0.481 e. The smallest absolute Gasteiger partial charge is 0.313 e. The molecule has 0 spiro atoms. The Morgan fingerprint density at radius 1 is 1.29 bits per heavy atom. The van der Waals surface area contributed by atoms with Crippen molar-refractivity contribution in [3.63, 3.8) is 0 Å². The molecular formula is C14H15N3O3S. The van der Waals surface area contributed by atoms with Crippen molar-refractivity contribution in [3.8, 4) is 5.69 Å². The molecule has 1 fully saturated rings. The molecule has 0 saturated heterocycles. The Kier molecular flexibility index (Phi) is 3.94. The molecular weight excluding hydrogens is 290 g/mol. The van der Waals surface area contributed by atoms with Crippen molar-refractivity contribution in [3.05, 3.63) is 36.2 Å². The molecule has 1 aliphatic rings. The lowest BCUT2D eigenvalue weighted by atomic mass is 9.82. The molecule has 21 heavy (non-hydrogen) atoms. The van der Waals surface area contributed by atoms with Crippen molar-refractivity contribution in [2.45, 2.75) is 30.0 Å². The van der Waals surface area contributed by atoms with Crippen LogP contribution in [0.25, 0.3) is 5.69 Å². The lowest BCUT2D eigenvalue weighted by molar-refractivity contribution is -0.133. The van der Waals surface area contributed by atoms with Gasteiger partial charge in [-0.05, 0) is 25.0 Å². The molecule has 0 bridgehead atoms. The van der Waals surface area contributed by atoms with Gasteiger partial charge in [0.15, 0.2) is 5.16 Å². The number of benzene rings is 1. The minimum atomic E-state index is -0.886. The highest BCUT2D eigenvalue weighted by Crippen LogP contribution is 2.38. The summed E-state index contributed by atoms with van der Waals surface area (Å²) in [6.45, 7) is 0. The molecule has 6 nitrogen and oxygen atoms in total. The summed E-state index contributed by atoms with van der Waals surface area (Å²) in [7, 11) is 0. The lowest BCUT2D eigenvalue weighted by Crippen LogP contribution is -2.28. The zero-order valence-electron chi connectivity index (χ0n) is 11.2. The van der Waals surface area contributed by atoms with Crippen molar-refractivity contribution in [2.24, 2.45) is 0 Å². The van der Waals surface area contributed by atoms with Crippen LogP contribution in [0.2, 0.25) is 0 Å². The van der Waals surface area contributed by atoms with E-state index in [0.29, 0.717) is 18.0 Å². The quantitative estimate of drug-likeness (QED) is 0.817. The summed E-state index contributed by atoms with van der Waals surface area (Å²) >= 11 is 1.15. The molecule has 3 rings (SSSR count). The van der Waals surface area contributed by atoms with E-state index in [1.807, 2.05) is 34.9 Å². The number of carbonyl (C=O) groups is 1. The first kappa shape index (κ1) is 14.1. The first-order chi connectivity index (χ1) is 10.1. The number of aromatic nitrogens is 3. The molecule has 1 aromatic heterocycles. The van der Waals surface area contributed by atoms with Crippen LogP contribution in [0.15, 0.2) is 35.5 Å². The standard InChI is InChI=1S/C14H15N3O3S/c18-11-6-9(7-11)13-15-16-14(21-8-12(19)20)17(13)10-4-2-1-3-5-10/h1-5,9,11,18H,6-8H2,(H,19,20). The van der Waals surface area contributed by atoms with Gasteiger partial charge in [0.25, 0.3) is 0 Å². The van der Waals surface area contributed by atoms with Gasteiger partial charge in [0.2, 0.25) is 0 Å². The number of aliphatic hydroxyl groups is 1. The topological polar surface area (TPSA) is 88.2 Å². The van der Waals surface area contributed by atoms with Gasteiger partial charge in [-0.25, -0.2) is 0 Å². The Bertz CT molecular complexity index is 638. The Labute approximate surface area is 125 Å². The molecule has 1 heterocycles. The summed E-state index contributed by atoms with van der Waals surface area (Å²) in [4.78, 5) is 10.8. The lowest BCUT2D eigenvalue weighted by Gasteiger charge is -2.30. The van der Waals surface area contributed by atoms with Gasteiger partial charge in [0, 0.05) is 11.6 Å². The Morgan fingerprint density at radius 3 is 2.62 bits per heavy atom. The number of rotatable bonds is 5. The van der Waals surface area contributed by atoms with Crippen LogP contribution in [0, 0.1) is 0 Å². The van der Waals surface area contributed by atoms with Crippen LogP contribution in [-0.2, 0) is 4.79 Å². The zero-order valence-corrected chi connectivity index (χ0v) is 12.0. The molecule has 1 aromatic carbocycles. The molecule has 2 aromatic rings. The number of aliphatic carboxylic acids is 1. The van der Waals surface area contributed by atoms with Crippen molar-refractivity contribution in [1.82, 2.24) is 14.8 Å². The number of nitrogens with zero attached hydrogens (tertiary/aromatic N) is 3. The average molecular weight is 305 g/mol. The molecule has 2 N–H and O–H groups in total. The van der Waals surface area contributed by atoms with Crippen molar-refractivity contribution in [2.75, 3.05) is 5.75 Å². The van der Waals surface area contributed by atoms with Crippen molar-refractivity contribution >= 4 is 17.7 Å². The number of thioether (sulfide) groups is 1. The van der Waals surface area contributed by atoms with Crippen molar-refractivity contribution < 1.29 is 15.0 Å². The highest BCUT2D eigenvalue weighted by molar-refractivity contribution is 7.99. The summed E-state index contributed by atoms with van der Waals surface area (Å²) in [5, 5.41) is 27.2. The predicted molar refractivity (Wildman–Crippen MR) is 77.7 cm³/mol. The molecule has 0 aliphatic heterocycles. The molecule has 110 valence electrons. The highest BCUT2D eigenvalue weighted by atomic mass is 32.2. The van der Waals surface area contributed by atoms with Crippen LogP contribution in [0.3, 0.4) is 0 Å². The number of para-hydroxylation sites is 1. The number of hydrogen-bond acceptors (Lipinski definition) is 5. The van der Waals surface area contributed by atoms with E-state index in [0.717, 1.165) is 23.3 Å². The summed E-state index contributed by atoms with van der Waals surface area (Å²) in [5.41, 5.74) is 0.909. The Hall–Kier alpha value is -1.86. The maximum Gasteiger partial charge on any atom is 0.313 e. The maximum atomic E-state index is 10.8. The van der Waals surface area contributed by atoms with E-state index in [2.05, 4.69) is 10.2 Å². The van der Waals surface area contributed by atoms with E-state index in [9.17, 15) is 9.90 Å². The van der Waals surface area contributed by atoms with E-state index in [-0.39, 0.29) is 17.8 Å². The van der Waals surface area contributed by atoms with Gasteiger partial charge in [-0.2, -0.15) is 0 Å². The van der Waals surface area contributed by atoms with Gasteiger partial charge >= 0.3 is 5.97 Å². The van der Waals surface area contributed by atoms with E-state index in [1.165, 1.54) is 0 Å². The Balaban J connectivity index is 1.95. The van der Waals surface area contributed by atoms with Gasteiger partial charge in [-0.1, -0.05) is 30.0 Å². The third-order valence-electron chi connectivity index (χ3n) is 3.48. The average Bonchev–Trinajstić information content (AvgIpc) is 2.86. The van der Waals surface area contributed by atoms with E-state index in [4.69, 9.17) is 5.11 Å². The number of hydrogen-bond donors (Lipinski definition) is 2. The molecule has 0 radical (unpaired) electrons. The zero-order chi connectivity index (χ0) is 14.8. The van der Waals surface area contributed by atoms with Crippen LogP contribution in [0.5, 0.6) is 0 Å². The number of carboxylic acids is 1. The van der Waals surface area contributed by atoms with Gasteiger partial charge in [-0.3, -0.25) is 9.36 Å². The highest BCUT2D eigenvalue weighted by Gasteiger charge is 2.33. The minimum absolute atomic E-state index is 0.0573. The number of aliphatic hydroxyl groups excluding tert-OH is 1. The molecule has 0 amide bonds. The van der Waals surface area contributed by atoms with Crippen LogP contribution in [0.1, 0.15) is 24.6 Å². The summed E-state index contributed by atoms with van der Waals surface area (Å²) < 4.78 is 1.89. The maximum absolute atomic E-state index is 10.8. The first-order valence-electron chi connectivity index (χ1n) is 6.68. The second kappa shape index (κ2) is 5.87. The molecule has 1 saturated carbocycles. The van der Waals surface area contributed by atoms with Crippen LogP contribution >= 0.6 is 11.8 Å². The predicted octanol–water partition coefficient (Wildman–Crippen LogP) is 1.68. The minimum Gasteiger partial charge on any atom is -0.481 e. The van der Waals surface area contributed by atoms with E-state index in [1.54, 1.807) is 0 Å². The summed E-state index contributed by atoms with van der Waals surface area (Å²) in [6, 6.07) is 9.63. The monoisotopic (exact) mass is 305 g/mol. The summed E-state index contributed by atoms with van der Waals surface area (Å²) in [5.74, 6) is 0.0210.